The first-order chi connectivity index (χ1) is 7.69. The van der Waals surface area contributed by atoms with Crippen molar-refractivity contribution in [2.24, 2.45) is 7.05 Å². The van der Waals surface area contributed by atoms with Gasteiger partial charge in [-0.2, -0.15) is 0 Å². The normalized spacial score (nSPS) is 13.4. The Balaban J connectivity index is 2.84. The van der Waals surface area contributed by atoms with Crippen molar-refractivity contribution in [3.63, 3.8) is 0 Å². The molecule has 1 heterocycles. The molecule has 1 aromatic heterocycles. The van der Waals surface area contributed by atoms with Crippen molar-refractivity contribution < 1.29 is 13.3 Å². The fraction of sp³-hybridized carbons (Fsp3) is 0.625. The zero-order chi connectivity index (χ0) is 13.2. The quantitative estimate of drug-likeness (QED) is 0.599. The van der Waals surface area contributed by atoms with Crippen LogP contribution in [0.1, 0.15) is 6.92 Å². The fourth-order valence-corrected chi connectivity index (χ4v) is 2.43. The lowest BCUT2D eigenvalue weighted by atomic mass is 10.4. The van der Waals surface area contributed by atoms with E-state index in [1.165, 1.54) is 10.9 Å². The van der Waals surface area contributed by atoms with Crippen LogP contribution >= 0.6 is 0 Å². The number of nitrogens with zero attached hydrogens (tertiary/aromatic N) is 3. The van der Waals surface area contributed by atoms with Crippen molar-refractivity contribution >= 4 is 21.3 Å². The van der Waals surface area contributed by atoms with E-state index in [1.54, 1.807) is 14.0 Å². The van der Waals surface area contributed by atoms with Crippen LogP contribution in [-0.2, 0) is 16.9 Å². The molecule has 1 N–H and O–H groups in total. The van der Waals surface area contributed by atoms with Crippen molar-refractivity contribution in [2.45, 2.75) is 13.0 Å². The van der Waals surface area contributed by atoms with E-state index in [0.717, 1.165) is 6.26 Å². The van der Waals surface area contributed by atoms with Gasteiger partial charge in [0.25, 0.3) is 0 Å². The van der Waals surface area contributed by atoms with E-state index in [2.05, 4.69) is 10.4 Å². The number of hydrogen-bond acceptors (Lipinski definition) is 6. The monoisotopic (exact) mass is 262 g/mol. The lowest BCUT2D eigenvalue weighted by Gasteiger charge is -2.10. The van der Waals surface area contributed by atoms with Crippen molar-refractivity contribution in [2.75, 3.05) is 17.3 Å². The topological polar surface area (TPSA) is 107 Å². The highest BCUT2D eigenvalue weighted by Crippen LogP contribution is 2.22. The third-order valence-corrected chi connectivity index (χ3v) is 3.05. The summed E-state index contributed by atoms with van der Waals surface area (Å²) in [6.07, 6.45) is 2.37. The summed E-state index contributed by atoms with van der Waals surface area (Å²) in [7, 11) is -1.58. The van der Waals surface area contributed by atoms with Gasteiger partial charge >= 0.3 is 5.69 Å². The maximum Gasteiger partial charge on any atom is 0.330 e. The number of nitro groups is 1. The average molecular weight is 262 g/mol. The number of rotatable bonds is 5. The van der Waals surface area contributed by atoms with Gasteiger partial charge < -0.3 is 5.32 Å². The van der Waals surface area contributed by atoms with Crippen LogP contribution in [0.25, 0.3) is 0 Å². The minimum absolute atomic E-state index is 0.0775. The average Bonchev–Trinajstić information content (AvgIpc) is 2.42. The molecule has 17 heavy (non-hydrogen) atoms. The van der Waals surface area contributed by atoms with Gasteiger partial charge in [-0.25, -0.2) is 8.42 Å². The van der Waals surface area contributed by atoms with E-state index in [0.29, 0.717) is 0 Å². The van der Waals surface area contributed by atoms with Crippen LogP contribution in [0, 0.1) is 10.1 Å². The van der Waals surface area contributed by atoms with Crippen molar-refractivity contribution in [1.82, 2.24) is 9.78 Å². The van der Waals surface area contributed by atoms with Crippen LogP contribution in [0.4, 0.5) is 11.5 Å². The lowest BCUT2D eigenvalue weighted by molar-refractivity contribution is -0.384. The molecule has 1 atom stereocenters. The van der Waals surface area contributed by atoms with Crippen molar-refractivity contribution in [1.29, 1.82) is 0 Å². The van der Waals surface area contributed by atoms with Gasteiger partial charge in [-0.05, 0) is 6.92 Å². The maximum atomic E-state index is 11.1. The summed E-state index contributed by atoms with van der Waals surface area (Å²) >= 11 is 0. The molecule has 0 fully saturated rings. The number of sulfone groups is 1. The molecule has 0 saturated heterocycles. The zero-order valence-corrected chi connectivity index (χ0v) is 10.6. The summed E-state index contributed by atoms with van der Waals surface area (Å²) < 4.78 is 23.4. The zero-order valence-electron chi connectivity index (χ0n) is 9.74. The number of anilines is 1. The SMILES string of the molecule is CC(CS(C)(=O)=O)Nc1nn(C)cc1[N+](=O)[O-]. The summed E-state index contributed by atoms with van der Waals surface area (Å²) in [5.74, 6) is -0.0329. The molecule has 0 saturated carbocycles. The molecule has 0 aliphatic rings. The molecular weight excluding hydrogens is 248 g/mol. The largest absolute Gasteiger partial charge is 0.359 e. The summed E-state index contributed by atoms with van der Waals surface area (Å²) in [6, 6.07) is -0.446. The molecule has 0 spiro atoms. The van der Waals surface area contributed by atoms with Crippen LogP contribution in [0.3, 0.4) is 0 Å². The minimum atomic E-state index is -3.14. The van der Waals surface area contributed by atoms with Gasteiger partial charge in [0, 0.05) is 19.3 Å². The predicted octanol–water partition coefficient (Wildman–Crippen LogP) is 0.173. The Kier molecular flexibility index (Phi) is 3.71. The molecule has 1 unspecified atom stereocenters. The molecule has 0 bridgehead atoms. The summed E-state index contributed by atoms with van der Waals surface area (Å²) in [6.45, 7) is 1.62. The Morgan fingerprint density at radius 1 is 1.65 bits per heavy atom. The molecule has 1 aromatic rings. The summed E-state index contributed by atoms with van der Waals surface area (Å²) in [5.41, 5.74) is -0.173. The van der Waals surface area contributed by atoms with Gasteiger partial charge in [0.05, 0.1) is 10.7 Å². The van der Waals surface area contributed by atoms with Gasteiger partial charge in [-0.15, -0.1) is 5.10 Å². The fourth-order valence-electron chi connectivity index (χ4n) is 1.44. The van der Waals surface area contributed by atoms with Gasteiger partial charge in [0.15, 0.2) is 0 Å². The van der Waals surface area contributed by atoms with Crippen LogP contribution < -0.4 is 5.32 Å². The summed E-state index contributed by atoms with van der Waals surface area (Å²) in [5, 5.41) is 17.3. The first-order valence-electron chi connectivity index (χ1n) is 4.81. The lowest BCUT2D eigenvalue weighted by Crippen LogP contribution is -2.25. The molecule has 0 aromatic carbocycles. The highest BCUT2D eigenvalue weighted by molar-refractivity contribution is 7.90. The number of nitrogens with one attached hydrogen (secondary N) is 1. The van der Waals surface area contributed by atoms with E-state index >= 15 is 0 Å². The Bertz CT molecular complexity index is 522. The van der Waals surface area contributed by atoms with Gasteiger partial charge in [0.2, 0.25) is 5.82 Å². The predicted molar refractivity (Wildman–Crippen MR) is 62.7 cm³/mol. The first-order valence-corrected chi connectivity index (χ1v) is 6.87. The van der Waals surface area contributed by atoms with E-state index < -0.39 is 20.8 Å². The Hall–Kier alpha value is -1.64. The van der Waals surface area contributed by atoms with E-state index in [9.17, 15) is 18.5 Å². The van der Waals surface area contributed by atoms with E-state index in [1.807, 2.05) is 0 Å². The number of aromatic nitrogens is 2. The van der Waals surface area contributed by atoms with Crippen molar-refractivity contribution in [3.8, 4) is 0 Å². The highest BCUT2D eigenvalue weighted by atomic mass is 32.2. The van der Waals surface area contributed by atoms with Crippen molar-refractivity contribution in [3.05, 3.63) is 16.3 Å². The molecular formula is C8H14N4O4S. The third-order valence-electron chi connectivity index (χ3n) is 1.94. The second-order valence-electron chi connectivity index (χ2n) is 3.93. The van der Waals surface area contributed by atoms with Crippen LogP contribution in [0.15, 0.2) is 6.20 Å². The molecule has 9 heteroatoms. The molecule has 0 amide bonds. The Morgan fingerprint density at radius 2 is 2.24 bits per heavy atom. The number of hydrogen-bond donors (Lipinski definition) is 1. The van der Waals surface area contributed by atoms with E-state index in [4.69, 9.17) is 0 Å². The van der Waals surface area contributed by atoms with Crippen LogP contribution in [0.5, 0.6) is 0 Å². The molecule has 0 aliphatic carbocycles. The molecule has 8 nitrogen and oxygen atoms in total. The molecule has 0 aliphatic heterocycles. The standard InChI is InChI=1S/C8H14N4O4S/c1-6(5-17(3,15)16)9-8-7(12(13)14)4-11(2)10-8/h4,6H,5H2,1-3H3,(H,9,10). The molecule has 1 rings (SSSR count). The molecule has 96 valence electrons. The van der Waals surface area contributed by atoms with Gasteiger partial charge in [0.1, 0.15) is 16.0 Å². The van der Waals surface area contributed by atoms with Gasteiger partial charge in [-0.3, -0.25) is 14.8 Å². The minimum Gasteiger partial charge on any atom is -0.359 e. The first kappa shape index (κ1) is 13.4. The van der Waals surface area contributed by atoms with E-state index in [-0.39, 0.29) is 17.3 Å². The van der Waals surface area contributed by atoms with Crippen LogP contribution in [-0.4, -0.2) is 41.2 Å². The second kappa shape index (κ2) is 4.70. The molecule has 0 radical (unpaired) electrons. The Morgan fingerprint density at radius 3 is 2.71 bits per heavy atom. The third kappa shape index (κ3) is 4.02. The maximum absolute atomic E-state index is 11.1. The smallest absolute Gasteiger partial charge is 0.330 e. The highest BCUT2D eigenvalue weighted by Gasteiger charge is 2.21. The second-order valence-corrected chi connectivity index (χ2v) is 6.12. The summed E-state index contributed by atoms with van der Waals surface area (Å²) in [4.78, 5) is 10.1. The van der Waals surface area contributed by atoms with Crippen LogP contribution in [0.2, 0.25) is 0 Å². The Labute approximate surface area is 98.7 Å². The number of aryl methyl sites for hydroxylation is 1. The van der Waals surface area contributed by atoms with Gasteiger partial charge in [-0.1, -0.05) is 0 Å².